The topological polar surface area (TPSA) is 35.1 Å². The molecule has 0 saturated carbocycles. The zero-order valence-corrected chi connectivity index (χ0v) is 20.5. The molecule has 3 heterocycles. The van der Waals surface area contributed by atoms with Crippen molar-refractivity contribution in [3.63, 3.8) is 0 Å². The van der Waals surface area contributed by atoms with E-state index >= 15 is 0 Å². The third-order valence-electron chi connectivity index (χ3n) is 7.61. The number of aromatic nitrogens is 2. The first-order valence-corrected chi connectivity index (χ1v) is 12.5. The minimum Gasteiger partial charge on any atom is -0.456 e. The Hall–Kier alpha value is -4.83. The number of aryl methyl sites for hydroxylation is 2. The molecule has 176 valence electrons. The molecule has 8 aromatic rings. The van der Waals surface area contributed by atoms with Crippen molar-refractivity contribution < 1.29 is 13.4 Å². The van der Waals surface area contributed by atoms with E-state index < -0.39 is 0 Å². The summed E-state index contributed by atoms with van der Waals surface area (Å²) in [7, 11) is 2.14. The molecular formula is C33H23N2O2+. The van der Waals surface area contributed by atoms with Crippen LogP contribution in [-0.4, -0.2) is 4.57 Å². The van der Waals surface area contributed by atoms with Gasteiger partial charge < -0.3 is 8.83 Å². The number of imidazole rings is 1. The van der Waals surface area contributed by atoms with Crippen LogP contribution >= 0.6 is 0 Å². The molecule has 5 aromatic carbocycles. The first-order chi connectivity index (χ1) is 18.2. The smallest absolute Gasteiger partial charge is 0.298 e. The van der Waals surface area contributed by atoms with Crippen molar-refractivity contribution in [1.29, 1.82) is 0 Å². The number of benzene rings is 5. The first-order valence-electron chi connectivity index (χ1n) is 12.5. The lowest BCUT2D eigenvalue weighted by molar-refractivity contribution is -0.633. The molecular weight excluding hydrogens is 456 g/mol. The summed E-state index contributed by atoms with van der Waals surface area (Å²) < 4.78 is 17.3. The van der Waals surface area contributed by atoms with Gasteiger partial charge in [0.15, 0.2) is 16.6 Å². The van der Waals surface area contributed by atoms with Gasteiger partial charge in [0.05, 0.1) is 7.05 Å². The van der Waals surface area contributed by atoms with Gasteiger partial charge in [-0.3, -0.25) is 0 Å². The number of rotatable bonds is 2. The normalized spacial score (nSPS) is 12.1. The van der Waals surface area contributed by atoms with Crippen LogP contribution in [0.25, 0.3) is 72.0 Å². The Kier molecular flexibility index (Phi) is 4.04. The largest absolute Gasteiger partial charge is 0.456 e. The molecule has 0 aliphatic carbocycles. The highest BCUT2D eigenvalue weighted by molar-refractivity contribution is 6.10. The summed E-state index contributed by atoms with van der Waals surface area (Å²) in [6, 6.07) is 35.9. The van der Waals surface area contributed by atoms with E-state index in [-0.39, 0.29) is 0 Å². The fourth-order valence-corrected chi connectivity index (χ4v) is 5.87. The van der Waals surface area contributed by atoms with E-state index in [0.717, 1.165) is 72.0 Å². The highest BCUT2D eigenvalue weighted by atomic mass is 16.3. The van der Waals surface area contributed by atoms with Gasteiger partial charge in [-0.15, -0.1) is 0 Å². The maximum atomic E-state index is 6.53. The maximum Gasteiger partial charge on any atom is 0.298 e. The molecule has 0 bridgehead atoms. The van der Waals surface area contributed by atoms with Gasteiger partial charge in [-0.1, -0.05) is 60.7 Å². The molecule has 37 heavy (non-hydrogen) atoms. The minimum atomic E-state index is 0.892. The number of nitrogens with zero attached hydrogens (tertiary/aromatic N) is 2. The molecule has 0 radical (unpaired) electrons. The van der Waals surface area contributed by atoms with Crippen molar-refractivity contribution in [3.8, 4) is 17.1 Å². The average molecular weight is 480 g/mol. The third-order valence-corrected chi connectivity index (χ3v) is 7.61. The molecule has 0 saturated heterocycles. The second kappa shape index (κ2) is 7.34. The molecule has 0 aliphatic heterocycles. The van der Waals surface area contributed by atoms with Gasteiger partial charge in [0.25, 0.3) is 5.82 Å². The summed E-state index contributed by atoms with van der Waals surface area (Å²) in [6.45, 7) is 2.16. The van der Waals surface area contributed by atoms with Crippen molar-refractivity contribution in [2.24, 2.45) is 7.05 Å². The van der Waals surface area contributed by atoms with E-state index in [1.165, 1.54) is 5.56 Å². The summed E-state index contributed by atoms with van der Waals surface area (Å²) in [4.78, 5) is 0. The summed E-state index contributed by atoms with van der Waals surface area (Å²) >= 11 is 0. The maximum absolute atomic E-state index is 6.53. The van der Waals surface area contributed by atoms with Crippen LogP contribution < -0.4 is 4.57 Å². The monoisotopic (exact) mass is 479 g/mol. The molecule has 0 fully saturated rings. The van der Waals surface area contributed by atoms with Crippen LogP contribution in [0.1, 0.15) is 5.56 Å². The summed E-state index contributed by atoms with van der Waals surface area (Å²) in [5, 5.41) is 4.50. The Bertz CT molecular complexity index is 2170. The van der Waals surface area contributed by atoms with Gasteiger partial charge in [0.2, 0.25) is 0 Å². The highest BCUT2D eigenvalue weighted by Crippen LogP contribution is 2.39. The van der Waals surface area contributed by atoms with E-state index in [4.69, 9.17) is 8.83 Å². The lowest BCUT2D eigenvalue weighted by Gasteiger charge is -2.07. The fraction of sp³-hybridized carbons (Fsp3) is 0.0606. The van der Waals surface area contributed by atoms with Crippen LogP contribution in [0.2, 0.25) is 0 Å². The second-order valence-electron chi connectivity index (χ2n) is 9.72. The molecule has 4 nitrogen and oxygen atoms in total. The van der Waals surface area contributed by atoms with Crippen LogP contribution in [0.4, 0.5) is 0 Å². The first kappa shape index (κ1) is 20.4. The van der Waals surface area contributed by atoms with Crippen molar-refractivity contribution in [2.45, 2.75) is 6.92 Å². The SMILES string of the molecule is Cc1ccc2c(oc3ccccc32)c1-c1n(-c2ccc3oc4ccccc4c3c2)c2ccccc2[n+]1C. The van der Waals surface area contributed by atoms with Gasteiger partial charge in [-0.2, -0.15) is 4.57 Å². The zero-order chi connectivity index (χ0) is 24.7. The molecule has 8 rings (SSSR count). The standard InChI is InChI=1S/C33H23N2O2/c1-20-15-17-24-22-9-3-8-14-29(22)37-32(24)31(20)33-34(2)26-11-5-6-12-27(26)35(33)21-16-18-30-25(19-21)23-10-4-7-13-28(23)36-30/h3-19H,1-2H3/q+1. The lowest BCUT2D eigenvalue weighted by Crippen LogP contribution is -2.30. The fourth-order valence-electron chi connectivity index (χ4n) is 5.87. The van der Waals surface area contributed by atoms with E-state index in [1.54, 1.807) is 0 Å². The number of fused-ring (bicyclic) bond motifs is 7. The van der Waals surface area contributed by atoms with E-state index in [0.29, 0.717) is 0 Å². The lowest BCUT2D eigenvalue weighted by atomic mass is 10.0. The molecule has 0 unspecified atom stereocenters. The summed E-state index contributed by atoms with van der Waals surface area (Å²) in [6.07, 6.45) is 0. The van der Waals surface area contributed by atoms with Gasteiger partial charge in [0, 0.05) is 21.5 Å². The van der Waals surface area contributed by atoms with Gasteiger partial charge in [-0.25, -0.2) is 4.57 Å². The molecule has 0 atom stereocenters. The Labute approximate surface area is 212 Å². The van der Waals surface area contributed by atoms with Crippen LogP contribution in [-0.2, 0) is 7.05 Å². The zero-order valence-electron chi connectivity index (χ0n) is 20.5. The molecule has 0 amide bonds. The molecule has 0 aliphatic rings. The van der Waals surface area contributed by atoms with Crippen LogP contribution in [0, 0.1) is 6.92 Å². The van der Waals surface area contributed by atoms with Crippen molar-refractivity contribution in [2.75, 3.05) is 0 Å². The van der Waals surface area contributed by atoms with Crippen LogP contribution in [0.5, 0.6) is 0 Å². The molecule has 4 heteroatoms. The average Bonchev–Trinajstić information content (AvgIpc) is 3.58. The van der Waals surface area contributed by atoms with E-state index in [1.807, 2.05) is 24.3 Å². The summed E-state index contributed by atoms with van der Waals surface area (Å²) in [5.74, 6) is 1.08. The number of hydrogen-bond donors (Lipinski definition) is 0. The van der Waals surface area contributed by atoms with Crippen molar-refractivity contribution in [1.82, 2.24) is 4.57 Å². The number of para-hydroxylation sites is 4. The molecule has 3 aromatic heterocycles. The van der Waals surface area contributed by atoms with Crippen LogP contribution in [0.3, 0.4) is 0 Å². The van der Waals surface area contributed by atoms with Crippen molar-refractivity contribution >= 4 is 54.9 Å². The van der Waals surface area contributed by atoms with Gasteiger partial charge in [-0.05, 0) is 55.0 Å². The van der Waals surface area contributed by atoms with E-state index in [2.05, 4.69) is 102 Å². The van der Waals surface area contributed by atoms with Gasteiger partial charge in [0.1, 0.15) is 28.0 Å². The van der Waals surface area contributed by atoms with Crippen LogP contribution in [0.15, 0.2) is 112 Å². The highest BCUT2D eigenvalue weighted by Gasteiger charge is 2.30. The minimum absolute atomic E-state index is 0.892. The summed E-state index contributed by atoms with van der Waals surface area (Å²) in [5.41, 5.74) is 9.26. The third kappa shape index (κ3) is 2.75. The predicted molar refractivity (Wildman–Crippen MR) is 149 cm³/mol. The molecule has 0 spiro atoms. The Morgan fingerprint density at radius 1 is 0.622 bits per heavy atom. The Morgan fingerprint density at radius 3 is 2.14 bits per heavy atom. The molecule has 0 N–H and O–H groups in total. The quantitative estimate of drug-likeness (QED) is 0.234. The number of furan rings is 2. The number of hydrogen-bond acceptors (Lipinski definition) is 2. The van der Waals surface area contributed by atoms with E-state index in [9.17, 15) is 0 Å². The van der Waals surface area contributed by atoms with Crippen molar-refractivity contribution in [3.05, 3.63) is 109 Å². The Morgan fingerprint density at radius 2 is 1.30 bits per heavy atom. The predicted octanol–water partition coefficient (Wildman–Crippen LogP) is 8.23. The second-order valence-corrected chi connectivity index (χ2v) is 9.72. The Balaban J connectivity index is 1.52. The van der Waals surface area contributed by atoms with Gasteiger partial charge >= 0.3 is 0 Å².